The highest BCUT2D eigenvalue weighted by atomic mass is 16.5. The van der Waals surface area contributed by atoms with Gasteiger partial charge < -0.3 is 19.9 Å². The van der Waals surface area contributed by atoms with Crippen molar-refractivity contribution in [2.24, 2.45) is 0 Å². The Morgan fingerprint density at radius 3 is 2.60 bits per heavy atom. The highest BCUT2D eigenvalue weighted by Crippen LogP contribution is 2.19. The molecular weight excluding hydrogens is 194 g/mol. The summed E-state index contributed by atoms with van der Waals surface area (Å²) < 4.78 is 11.0. The van der Waals surface area contributed by atoms with Crippen LogP contribution < -0.4 is 5.32 Å². The normalized spacial score (nSPS) is 25.4. The molecule has 0 bridgehead atoms. The van der Waals surface area contributed by atoms with Crippen molar-refractivity contribution in [2.75, 3.05) is 26.4 Å². The standard InChI is InChI=1S/C11H21NO3/c13-7-10(12-9-1-2-9)8-15-11-3-5-14-6-4-11/h9-13H,1-8H2. The van der Waals surface area contributed by atoms with Crippen LogP contribution in [0.15, 0.2) is 0 Å². The van der Waals surface area contributed by atoms with Crippen molar-refractivity contribution < 1.29 is 14.6 Å². The first-order valence-corrected chi connectivity index (χ1v) is 5.94. The average molecular weight is 215 g/mol. The summed E-state index contributed by atoms with van der Waals surface area (Å²) in [4.78, 5) is 0. The minimum Gasteiger partial charge on any atom is -0.395 e. The summed E-state index contributed by atoms with van der Waals surface area (Å²) in [5.41, 5.74) is 0. The largest absolute Gasteiger partial charge is 0.395 e. The Labute approximate surface area is 90.9 Å². The van der Waals surface area contributed by atoms with Crippen molar-refractivity contribution in [2.45, 2.75) is 43.9 Å². The van der Waals surface area contributed by atoms with Crippen LogP contribution in [0.25, 0.3) is 0 Å². The number of aliphatic hydroxyl groups excluding tert-OH is 1. The van der Waals surface area contributed by atoms with Gasteiger partial charge in [0.05, 0.1) is 25.4 Å². The molecule has 1 aliphatic carbocycles. The zero-order valence-corrected chi connectivity index (χ0v) is 9.15. The summed E-state index contributed by atoms with van der Waals surface area (Å²) in [7, 11) is 0. The third-order valence-electron chi connectivity index (χ3n) is 2.97. The van der Waals surface area contributed by atoms with Crippen LogP contribution in [0, 0.1) is 0 Å². The quantitative estimate of drug-likeness (QED) is 0.669. The van der Waals surface area contributed by atoms with Crippen LogP contribution in [-0.2, 0) is 9.47 Å². The zero-order valence-electron chi connectivity index (χ0n) is 9.15. The molecule has 4 heteroatoms. The molecule has 0 aromatic heterocycles. The molecule has 0 spiro atoms. The fourth-order valence-electron chi connectivity index (χ4n) is 1.83. The summed E-state index contributed by atoms with van der Waals surface area (Å²) in [6.45, 7) is 2.41. The Kier molecular flexibility index (Phi) is 4.38. The molecule has 1 aliphatic heterocycles. The number of ether oxygens (including phenoxy) is 2. The van der Waals surface area contributed by atoms with Crippen molar-refractivity contribution in [1.82, 2.24) is 5.32 Å². The molecule has 0 aromatic carbocycles. The molecule has 1 heterocycles. The fraction of sp³-hybridized carbons (Fsp3) is 1.00. The minimum atomic E-state index is 0.111. The van der Waals surface area contributed by atoms with E-state index in [1.54, 1.807) is 0 Å². The van der Waals surface area contributed by atoms with Gasteiger partial charge in [0.15, 0.2) is 0 Å². The van der Waals surface area contributed by atoms with Crippen molar-refractivity contribution in [3.8, 4) is 0 Å². The van der Waals surface area contributed by atoms with Gasteiger partial charge >= 0.3 is 0 Å². The van der Waals surface area contributed by atoms with Gasteiger partial charge in [0.2, 0.25) is 0 Å². The predicted molar refractivity (Wildman–Crippen MR) is 56.8 cm³/mol. The van der Waals surface area contributed by atoms with Gasteiger partial charge in [-0.25, -0.2) is 0 Å². The van der Waals surface area contributed by atoms with Crippen molar-refractivity contribution in [3.63, 3.8) is 0 Å². The van der Waals surface area contributed by atoms with E-state index in [1.807, 2.05) is 0 Å². The molecule has 0 aromatic rings. The maximum absolute atomic E-state index is 9.16. The molecular formula is C11H21NO3. The van der Waals surface area contributed by atoms with E-state index in [2.05, 4.69) is 5.32 Å². The zero-order chi connectivity index (χ0) is 10.5. The van der Waals surface area contributed by atoms with Crippen LogP contribution in [0.1, 0.15) is 25.7 Å². The first-order valence-electron chi connectivity index (χ1n) is 5.94. The van der Waals surface area contributed by atoms with Crippen LogP contribution in [0.2, 0.25) is 0 Å². The lowest BCUT2D eigenvalue weighted by Gasteiger charge is -2.25. The average Bonchev–Trinajstić information content (AvgIpc) is 3.09. The Morgan fingerprint density at radius 2 is 2.00 bits per heavy atom. The lowest BCUT2D eigenvalue weighted by Crippen LogP contribution is -2.40. The van der Waals surface area contributed by atoms with E-state index in [9.17, 15) is 0 Å². The molecule has 2 fully saturated rings. The second-order valence-corrected chi connectivity index (χ2v) is 4.47. The summed E-state index contributed by atoms with van der Waals surface area (Å²) in [5.74, 6) is 0. The smallest absolute Gasteiger partial charge is 0.0645 e. The molecule has 15 heavy (non-hydrogen) atoms. The van der Waals surface area contributed by atoms with E-state index < -0.39 is 0 Å². The molecule has 4 nitrogen and oxygen atoms in total. The number of hydrogen-bond acceptors (Lipinski definition) is 4. The molecule has 2 aliphatic rings. The minimum absolute atomic E-state index is 0.111. The van der Waals surface area contributed by atoms with Crippen molar-refractivity contribution >= 4 is 0 Å². The highest BCUT2D eigenvalue weighted by Gasteiger charge is 2.25. The monoisotopic (exact) mass is 215 g/mol. The van der Waals surface area contributed by atoms with E-state index in [0.29, 0.717) is 18.8 Å². The third-order valence-corrected chi connectivity index (χ3v) is 2.97. The van der Waals surface area contributed by atoms with E-state index in [-0.39, 0.29) is 12.6 Å². The van der Waals surface area contributed by atoms with Crippen LogP contribution in [0.4, 0.5) is 0 Å². The van der Waals surface area contributed by atoms with Crippen LogP contribution in [0.5, 0.6) is 0 Å². The molecule has 1 saturated heterocycles. The lowest BCUT2D eigenvalue weighted by atomic mass is 10.1. The van der Waals surface area contributed by atoms with Gasteiger partial charge in [0, 0.05) is 19.3 Å². The number of rotatable bonds is 6. The Morgan fingerprint density at radius 1 is 1.27 bits per heavy atom. The van der Waals surface area contributed by atoms with Crippen molar-refractivity contribution in [1.29, 1.82) is 0 Å². The lowest BCUT2D eigenvalue weighted by molar-refractivity contribution is -0.0419. The molecule has 1 saturated carbocycles. The van der Waals surface area contributed by atoms with E-state index in [4.69, 9.17) is 14.6 Å². The Balaban J connectivity index is 1.60. The topological polar surface area (TPSA) is 50.7 Å². The molecule has 1 unspecified atom stereocenters. The predicted octanol–water partition coefficient (Wildman–Crippen LogP) is 0.295. The first-order chi connectivity index (χ1) is 7.38. The van der Waals surface area contributed by atoms with Gasteiger partial charge in [0.1, 0.15) is 0 Å². The van der Waals surface area contributed by atoms with E-state index in [1.165, 1.54) is 12.8 Å². The van der Waals surface area contributed by atoms with Gasteiger partial charge in [-0.2, -0.15) is 0 Å². The third kappa shape index (κ3) is 4.07. The Bertz CT molecular complexity index is 179. The van der Waals surface area contributed by atoms with Crippen LogP contribution in [-0.4, -0.2) is 49.7 Å². The number of aliphatic hydroxyl groups is 1. The molecule has 2 N–H and O–H groups in total. The van der Waals surface area contributed by atoms with Gasteiger partial charge in [-0.1, -0.05) is 0 Å². The maximum atomic E-state index is 9.16. The summed E-state index contributed by atoms with van der Waals surface area (Å²) >= 11 is 0. The van der Waals surface area contributed by atoms with Gasteiger partial charge in [-0.05, 0) is 25.7 Å². The van der Waals surface area contributed by atoms with E-state index >= 15 is 0 Å². The van der Waals surface area contributed by atoms with Crippen molar-refractivity contribution in [3.05, 3.63) is 0 Å². The van der Waals surface area contributed by atoms with Gasteiger partial charge in [-0.3, -0.25) is 0 Å². The molecule has 88 valence electrons. The van der Waals surface area contributed by atoms with Gasteiger partial charge in [-0.15, -0.1) is 0 Å². The second-order valence-electron chi connectivity index (χ2n) is 4.47. The second kappa shape index (κ2) is 5.80. The number of hydrogen-bond donors (Lipinski definition) is 2. The summed E-state index contributed by atoms with van der Waals surface area (Å²) in [6.07, 6.45) is 4.79. The van der Waals surface area contributed by atoms with Gasteiger partial charge in [0.25, 0.3) is 0 Å². The summed E-state index contributed by atoms with van der Waals surface area (Å²) in [5, 5.41) is 12.5. The first kappa shape index (κ1) is 11.3. The molecule has 2 rings (SSSR count). The highest BCUT2D eigenvalue weighted by molar-refractivity contribution is 4.84. The van der Waals surface area contributed by atoms with Crippen LogP contribution >= 0.6 is 0 Å². The fourth-order valence-corrected chi connectivity index (χ4v) is 1.83. The molecule has 0 amide bonds. The Hall–Kier alpha value is -0.160. The maximum Gasteiger partial charge on any atom is 0.0645 e. The molecule has 0 radical (unpaired) electrons. The number of nitrogens with one attached hydrogen (secondary N) is 1. The molecule has 1 atom stereocenters. The van der Waals surface area contributed by atoms with Crippen LogP contribution in [0.3, 0.4) is 0 Å². The SMILES string of the molecule is OCC(COC1CCOCC1)NC1CC1. The summed E-state index contributed by atoms with van der Waals surface area (Å²) in [6, 6.07) is 0.737. The van der Waals surface area contributed by atoms with E-state index in [0.717, 1.165) is 26.1 Å².